The first kappa shape index (κ1) is 9.99. The summed E-state index contributed by atoms with van der Waals surface area (Å²) in [5.41, 5.74) is -1.01. The molecule has 0 spiro atoms. The highest BCUT2D eigenvalue weighted by atomic mass is 17.3. The zero-order chi connectivity index (χ0) is 10.7. The van der Waals surface area contributed by atoms with Crippen LogP contribution in [-0.4, -0.2) is 35.6 Å². The van der Waals surface area contributed by atoms with Gasteiger partial charge in [-0.15, -0.1) is 0 Å². The highest BCUT2D eigenvalue weighted by Gasteiger charge is 2.75. The average Bonchev–Trinajstić information content (AvgIpc) is 2.66. The summed E-state index contributed by atoms with van der Waals surface area (Å²) in [6.45, 7) is 3.82. The van der Waals surface area contributed by atoms with Gasteiger partial charge in [0, 0.05) is 0 Å². The zero-order valence-electron chi connectivity index (χ0n) is 8.93. The van der Waals surface area contributed by atoms with Crippen LogP contribution < -0.4 is 0 Å². The summed E-state index contributed by atoms with van der Waals surface area (Å²) in [5.74, 6) is 0. The monoisotopic (exact) mass is 216 g/mol. The Kier molecular flexibility index (Phi) is 1.95. The minimum absolute atomic E-state index is 0.00648. The van der Waals surface area contributed by atoms with E-state index in [4.69, 9.17) is 19.6 Å². The number of rotatable bonds is 1. The Hall–Kier alpha value is -0.200. The van der Waals surface area contributed by atoms with Crippen molar-refractivity contribution in [2.45, 2.75) is 50.6 Å². The van der Waals surface area contributed by atoms with Crippen LogP contribution in [-0.2, 0) is 19.6 Å². The van der Waals surface area contributed by atoms with Gasteiger partial charge < -0.3 is 5.11 Å². The van der Waals surface area contributed by atoms with Crippen molar-refractivity contribution in [2.24, 2.45) is 5.41 Å². The van der Waals surface area contributed by atoms with E-state index in [1.54, 1.807) is 0 Å². The first-order valence-electron chi connectivity index (χ1n) is 5.45. The maximum Gasteiger partial charge on any atom is 0.145 e. The number of aliphatic hydroxyl groups excluding tert-OH is 1. The maximum atomic E-state index is 9.72. The molecular formula is C10H16O5. The van der Waals surface area contributed by atoms with Gasteiger partial charge in [-0.3, -0.25) is 0 Å². The predicted octanol–water partition coefficient (Wildman–Crippen LogP) is 0.567. The molecule has 0 aromatic carbocycles. The van der Waals surface area contributed by atoms with Gasteiger partial charge >= 0.3 is 0 Å². The lowest BCUT2D eigenvalue weighted by atomic mass is 9.68. The number of hydrogen-bond donors (Lipinski definition) is 1. The average molecular weight is 216 g/mol. The first-order valence-corrected chi connectivity index (χ1v) is 5.45. The van der Waals surface area contributed by atoms with E-state index in [1.165, 1.54) is 0 Å². The van der Waals surface area contributed by atoms with Crippen LogP contribution in [0.2, 0.25) is 0 Å². The molecule has 5 nitrogen and oxygen atoms in total. The van der Waals surface area contributed by atoms with E-state index in [9.17, 15) is 5.11 Å². The Morgan fingerprint density at radius 3 is 2.67 bits per heavy atom. The molecule has 5 atom stereocenters. The molecule has 5 unspecified atom stereocenters. The summed E-state index contributed by atoms with van der Waals surface area (Å²) in [5, 5.41) is 9.72. The molecule has 2 heterocycles. The van der Waals surface area contributed by atoms with Crippen molar-refractivity contribution in [2.75, 3.05) is 6.61 Å². The third-order valence-electron chi connectivity index (χ3n) is 4.44. The van der Waals surface area contributed by atoms with Gasteiger partial charge in [0.1, 0.15) is 23.9 Å². The molecule has 5 heteroatoms. The van der Waals surface area contributed by atoms with Crippen LogP contribution >= 0.6 is 0 Å². The smallest absolute Gasteiger partial charge is 0.145 e. The summed E-state index contributed by atoms with van der Waals surface area (Å²) in [6, 6.07) is 0. The van der Waals surface area contributed by atoms with E-state index in [-0.39, 0.29) is 24.9 Å². The molecule has 2 saturated heterocycles. The van der Waals surface area contributed by atoms with E-state index >= 15 is 0 Å². The van der Waals surface area contributed by atoms with Crippen molar-refractivity contribution in [3.8, 4) is 0 Å². The minimum Gasteiger partial charge on any atom is -0.395 e. The molecule has 2 aliphatic heterocycles. The summed E-state index contributed by atoms with van der Waals surface area (Å²) >= 11 is 0. The lowest BCUT2D eigenvalue weighted by Crippen LogP contribution is -2.62. The molecule has 86 valence electrons. The minimum atomic E-state index is -0.538. The summed E-state index contributed by atoms with van der Waals surface area (Å²) in [4.78, 5) is 21.3. The van der Waals surface area contributed by atoms with Gasteiger partial charge in [0.2, 0.25) is 0 Å². The molecule has 0 aromatic rings. The highest BCUT2D eigenvalue weighted by molar-refractivity contribution is 5.17. The predicted molar refractivity (Wildman–Crippen MR) is 48.5 cm³/mol. The molecule has 1 N–H and O–H groups in total. The first-order chi connectivity index (χ1) is 7.17. The molecule has 1 saturated carbocycles. The van der Waals surface area contributed by atoms with Crippen LogP contribution in [0.15, 0.2) is 0 Å². The number of hydrogen-bond acceptors (Lipinski definition) is 5. The molecule has 0 radical (unpaired) electrons. The van der Waals surface area contributed by atoms with Gasteiger partial charge in [-0.2, -0.15) is 0 Å². The number of aliphatic hydroxyl groups is 1. The van der Waals surface area contributed by atoms with Gasteiger partial charge in [-0.05, 0) is 26.7 Å². The second-order valence-electron chi connectivity index (χ2n) is 4.77. The Labute approximate surface area is 88.1 Å². The lowest BCUT2D eigenvalue weighted by Gasteiger charge is -2.46. The van der Waals surface area contributed by atoms with Gasteiger partial charge in [-0.1, -0.05) is 0 Å². The summed E-state index contributed by atoms with van der Waals surface area (Å²) in [6.07, 6.45) is 1.15. The fraction of sp³-hybridized carbons (Fsp3) is 1.00. The molecular weight excluding hydrogens is 200 g/mol. The molecule has 0 amide bonds. The van der Waals surface area contributed by atoms with Crippen molar-refractivity contribution in [1.29, 1.82) is 0 Å². The Bertz CT molecular complexity index is 277. The normalized spacial score (nSPS) is 58.2. The molecule has 15 heavy (non-hydrogen) atoms. The van der Waals surface area contributed by atoms with Crippen LogP contribution in [0.1, 0.15) is 26.7 Å². The molecule has 2 bridgehead atoms. The summed E-state index contributed by atoms with van der Waals surface area (Å²) < 4.78 is 0. The van der Waals surface area contributed by atoms with E-state index in [0.717, 1.165) is 12.8 Å². The fourth-order valence-corrected chi connectivity index (χ4v) is 3.45. The van der Waals surface area contributed by atoms with Crippen LogP contribution in [0.4, 0.5) is 0 Å². The lowest BCUT2D eigenvalue weighted by molar-refractivity contribution is -0.435. The largest absolute Gasteiger partial charge is 0.395 e. The van der Waals surface area contributed by atoms with E-state index in [2.05, 4.69) is 0 Å². The molecule has 3 rings (SSSR count). The second kappa shape index (κ2) is 2.93. The van der Waals surface area contributed by atoms with Crippen LogP contribution in [0.3, 0.4) is 0 Å². The van der Waals surface area contributed by atoms with Crippen LogP contribution in [0, 0.1) is 5.41 Å². The molecule has 3 fully saturated rings. The van der Waals surface area contributed by atoms with Crippen molar-refractivity contribution >= 4 is 0 Å². The third-order valence-corrected chi connectivity index (χ3v) is 4.44. The Balaban J connectivity index is 2.11. The van der Waals surface area contributed by atoms with Gasteiger partial charge in [0.05, 0.1) is 12.0 Å². The highest BCUT2D eigenvalue weighted by Crippen LogP contribution is 2.61. The topological polar surface area (TPSA) is 57.2 Å². The standard InChI is InChI=1S/C10H16O5/c1-6-9(5-11)8-3-4-10(9,15-13-6)7(2)12-14-8/h6-8,11H,3-5H2,1-2H3. The Morgan fingerprint density at radius 2 is 2.00 bits per heavy atom. The fourth-order valence-electron chi connectivity index (χ4n) is 3.45. The van der Waals surface area contributed by atoms with Crippen molar-refractivity contribution in [1.82, 2.24) is 0 Å². The van der Waals surface area contributed by atoms with Gasteiger partial charge in [0.25, 0.3) is 0 Å². The SMILES string of the molecule is CC1OOC2CCC13OOC(C)C23CO. The van der Waals surface area contributed by atoms with Crippen LogP contribution in [0.5, 0.6) is 0 Å². The zero-order valence-corrected chi connectivity index (χ0v) is 8.93. The van der Waals surface area contributed by atoms with Crippen LogP contribution in [0.25, 0.3) is 0 Å². The molecule has 0 aromatic heterocycles. The van der Waals surface area contributed by atoms with E-state index in [0.29, 0.717) is 0 Å². The van der Waals surface area contributed by atoms with E-state index < -0.39 is 11.0 Å². The quantitative estimate of drug-likeness (QED) is 0.649. The second-order valence-corrected chi connectivity index (χ2v) is 4.77. The van der Waals surface area contributed by atoms with Crippen molar-refractivity contribution in [3.05, 3.63) is 0 Å². The molecule has 3 aliphatic rings. The Morgan fingerprint density at radius 1 is 1.20 bits per heavy atom. The van der Waals surface area contributed by atoms with Crippen molar-refractivity contribution < 1.29 is 24.7 Å². The van der Waals surface area contributed by atoms with Gasteiger partial charge in [0.15, 0.2) is 0 Å². The van der Waals surface area contributed by atoms with E-state index in [1.807, 2.05) is 13.8 Å². The van der Waals surface area contributed by atoms with Crippen molar-refractivity contribution in [3.63, 3.8) is 0 Å². The maximum absolute atomic E-state index is 9.72. The molecule has 1 aliphatic carbocycles. The third kappa shape index (κ3) is 0.877. The van der Waals surface area contributed by atoms with Gasteiger partial charge in [-0.25, -0.2) is 19.6 Å². The summed E-state index contributed by atoms with van der Waals surface area (Å²) in [7, 11) is 0.